The predicted molar refractivity (Wildman–Crippen MR) is 208 cm³/mol. The first-order chi connectivity index (χ1) is 22.6. The molecular weight excluding hydrogens is 579 g/mol. The van der Waals surface area contributed by atoms with Crippen LogP contribution < -0.4 is 4.90 Å². The van der Waals surface area contributed by atoms with Crippen molar-refractivity contribution in [1.82, 2.24) is 0 Å². The highest BCUT2D eigenvalue weighted by Gasteiger charge is 2.40. The lowest BCUT2D eigenvalue weighted by Crippen LogP contribution is -2.39. The van der Waals surface area contributed by atoms with E-state index in [9.17, 15) is 0 Å². The molecule has 0 unspecified atom stereocenters. The molecule has 1 heteroatoms. The molecule has 7 rings (SSSR count). The maximum absolute atomic E-state index is 2.79. The Hall–Kier alpha value is -3.32. The Kier molecular flexibility index (Phi) is 8.25. The van der Waals surface area contributed by atoms with Crippen LogP contribution in [0, 0.1) is 10.8 Å². The summed E-state index contributed by atoms with van der Waals surface area (Å²) in [6, 6.07) is 33.0. The third-order valence-corrected chi connectivity index (χ3v) is 12.6. The van der Waals surface area contributed by atoms with E-state index in [1.165, 1.54) is 96.1 Å². The fraction of sp³-hybridized carbons (Fsp3) is 0.489. The Morgan fingerprint density at radius 2 is 1.06 bits per heavy atom. The molecule has 2 fully saturated rings. The van der Waals surface area contributed by atoms with Crippen LogP contribution in [0.15, 0.2) is 84.9 Å². The zero-order chi connectivity index (χ0) is 34.1. The highest BCUT2D eigenvalue weighted by Crippen LogP contribution is 2.56. The Labute approximate surface area is 292 Å². The lowest BCUT2D eigenvalue weighted by atomic mass is 9.70. The maximum Gasteiger partial charge on any atom is 0.0457 e. The van der Waals surface area contributed by atoms with E-state index in [-0.39, 0.29) is 11.0 Å². The summed E-state index contributed by atoms with van der Waals surface area (Å²) in [5.41, 5.74) is 15.1. The molecule has 3 aliphatic carbocycles. The van der Waals surface area contributed by atoms with E-state index in [4.69, 9.17) is 0 Å². The first-order valence-corrected chi connectivity index (χ1v) is 18.9. The SMILES string of the molecule is CC1(C)CCC(c2ccc(-c3ccccc3)cc2N(c2cc3c(cc2C2CCC(C)(C)CC2)-c2ccccc2C3(C)C)C(C)(C)C)CC1. The monoisotopic (exact) mass is 637 g/mol. The Morgan fingerprint density at radius 1 is 0.521 bits per heavy atom. The molecule has 0 amide bonds. The molecule has 0 atom stereocenters. The molecule has 0 radical (unpaired) electrons. The number of anilines is 2. The highest BCUT2D eigenvalue weighted by molar-refractivity contribution is 5.86. The van der Waals surface area contributed by atoms with E-state index in [2.05, 4.69) is 152 Å². The number of hydrogen-bond acceptors (Lipinski definition) is 1. The molecule has 0 bridgehead atoms. The number of fused-ring (bicyclic) bond motifs is 3. The van der Waals surface area contributed by atoms with Crippen molar-refractivity contribution in [3.8, 4) is 22.3 Å². The summed E-state index contributed by atoms with van der Waals surface area (Å²) in [6.45, 7) is 22.1. The lowest BCUT2D eigenvalue weighted by Gasteiger charge is -2.44. The van der Waals surface area contributed by atoms with Crippen molar-refractivity contribution in [3.63, 3.8) is 0 Å². The van der Waals surface area contributed by atoms with Gasteiger partial charge in [-0.15, -0.1) is 0 Å². The van der Waals surface area contributed by atoms with E-state index >= 15 is 0 Å². The van der Waals surface area contributed by atoms with Crippen LogP contribution in [0.1, 0.15) is 148 Å². The summed E-state index contributed by atoms with van der Waals surface area (Å²) < 4.78 is 0. The second-order valence-electron chi connectivity index (χ2n) is 18.7. The zero-order valence-corrected chi connectivity index (χ0v) is 31.3. The molecule has 2 saturated carbocycles. The van der Waals surface area contributed by atoms with Crippen LogP contribution in [0.3, 0.4) is 0 Å². The summed E-state index contributed by atoms with van der Waals surface area (Å²) in [7, 11) is 0. The van der Waals surface area contributed by atoms with Gasteiger partial charge in [0.25, 0.3) is 0 Å². The van der Waals surface area contributed by atoms with Crippen molar-refractivity contribution in [1.29, 1.82) is 0 Å². The van der Waals surface area contributed by atoms with Crippen molar-refractivity contribution in [3.05, 3.63) is 107 Å². The zero-order valence-electron chi connectivity index (χ0n) is 31.3. The van der Waals surface area contributed by atoms with Crippen molar-refractivity contribution >= 4 is 11.4 Å². The van der Waals surface area contributed by atoms with E-state index < -0.39 is 0 Å². The predicted octanol–water partition coefficient (Wildman–Crippen LogP) is 14.0. The van der Waals surface area contributed by atoms with Gasteiger partial charge in [-0.3, -0.25) is 0 Å². The molecule has 1 nitrogen and oxygen atoms in total. The molecule has 0 heterocycles. The number of rotatable bonds is 5. The summed E-state index contributed by atoms with van der Waals surface area (Å²) in [6.07, 6.45) is 10.2. The van der Waals surface area contributed by atoms with Crippen LogP contribution >= 0.6 is 0 Å². The van der Waals surface area contributed by atoms with Crippen molar-refractivity contribution in [2.24, 2.45) is 10.8 Å². The Bertz CT molecular complexity index is 1780. The van der Waals surface area contributed by atoms with E-state index in [0.29, 0.717) is 22.7 Å². The third-order valence-electron chi connectivity index (χ3n) is 12.6. The van der Waals surface area contributed by atoms with Gasteiger partial charge >= 0.3 is 0 Å². The first kappa shape index (κ1) is 33.2. The van der Waals surface area contributed by atoms with Crippen molar-refractivity contribution < 1.29 is 0 Å². The highest BCUT2D eigenvalue weighted by atomic mass is 15.2. The van der Waals surface area contributed by atoms with Gasteiger partial charge in [-0.05, 0) is 158 Å². The van der Waals surface area contributed by atoms with Gasteiger partial charge in [-0.2, -0.15) is 0 Å². The first-order valence-electron chi connectivity index (χ1n) is 18.9. The van der Waals surface area contributed by atoms with Crippen molar-refractivity contribution in [2.75, 3.05) is 4.90 Å². The van der Waals surface area contributed by atoms with Crippen molar-refractivity contribution in [2.45, 2.75) is 136 Å². The summed E-state index contributed by atoms with van der Waals surface area (Å²) in [4.78, 5) is 2.79. The average Bonchev–Trinajstić information content (AvgIpc) is 3.26. The van der Waals surface area contributed by atoms with Crippen LogP contribution in [-0.2, 0) is 5.41 Å². The smallest absolute Gasteiger partial charge is 0.0457 e. The van der Waals surface area contributed by atoms with Crippen LogP contribution in [0.2, 0.25) is 0 Å². The van der Waals surface area contributed by atoms with Gasteiger partial charge in [0.05, 0.1) is 0 Å². The molecule has 48 heavy (non-hydrogen) atoms. The van der Waals surface area contributed by atoms with Crippen LogP contribution in [0.4, 0.5) is 11.4 Å². The molecular formula is C47H59N. The molecule has 0 aliphatic heterocycles. The normalized spacial score (nSPS) is 20.3. The fourth-order valence-corrected chi connectivity index (χ4v) is 9.44. The van der Waals surface area contributed by atoms with Gasteiger partial charge in [0.15, 0.2) is 0 Å². The fourth-order valence-electron chi connectivity index (χ4n) is 9.44. The largest absolute Gasteiger partial charge is 0.336 e. The van der Waals surface area contributed by atoms with Gasteiger partial charge < -0.3 is 4.90 Å². The minimum Gasteiger partial charge on any atom is -0.336 e. The minimum atomic E-state index is -0.121. The molecule has 0 spiro atoms. The summed E-state index contributed by atoms with van der Waals surface area (Å²) >= 11 is 0. The third kappa shape index (κ3) is 6.05. The van der Waals surface area contributed by atoms with Gasteiger partial charge in [-0.1, -0.05) is 108 Å². The summed E-state index contributed by atoms with van der Waals surface area (Å²) in [5.74, 6) is 1.15. The second-order valence-corrected chi connectivity index (χ2v) is 18.7. The molecule has 0 aromatic heterocycles. The molecule has 252 valence electrons. The quantitative estimate of drug-likeness (QED) is 0.210. The van der Waals surface area contributed by atoms with E-state index in [1.807, 2.05) is 0 Å². The van der Waals surface area contributed by atoms with Crippen LogP contribution in [0.5, 0.6) is 0 Å². The Balaban J connectivity index is 1.47. The number of hydrogen-bond donors (Lipinski definition) is 0. The van der Waals surface area contributed by atoms with E-state index in [1.54, 1.807) is 11.1 Å². The van der Waals surface area contributed by atoms with Gasteiger partial charge in [0, 0.05) is 22.3 Å². The number of benzene rings is 4. The average molecular weight is 638 g/mol. The van der Waals surface area contributed by atoms with Crippen LogP contribution in [0.25, 0.3) is 22.3 Å². The molecule has 3 aliphatic rings. The minimum absolute atomic E-state index is 0.0407. The molecule has 0 saturated heterocycles. The van der Waals surface area contributed by atoms with Gasteiger partial charge in [0.2, 0.25) is 0 Å². The van der Waals surface area contributed by atoms with E-state index in [0.717, 1.165) is 0 Å². The second kappa shape index (κ2) is 11.9. The summed E-state index contributed by atoms with van der Waals surface area (Å²) in [5, 5.41) is 0. The molecule has 4 aromatic carbocycles. The number of nitrogens with zero attached hydrogens (tertiary/aromatic N) is 1. The topological polar surface area (TPSA) is 3.24 Å². The van der Waals surface area contributed by atoms with Gasteiger partial charge in [0.1, 0.15) is 0 Å². The standard InChI is InChI=1S/C47H59N/c1-44(2,3)48(42-29-35(32-15-11-10-12-16-32)19-20-36(42)33-21-25-45(4,5)26-22-33)43-31-41-39(37-17-13-14-18-40(37)47(41,8)9)30-38(43)34-23-27-46(6,7)28-24-34/h10-20,29-31,33-34H,21-28H2,1-9H3. The molecule has 4 aromatic rings. The Morgan fingerprint density at radius 3 is 1.67 bits per heavy atom. The van der Waals surface area contributed by atoms with Crippen LogP contribution in [-0.4, -0.2) is 5.54 Å². The molecule has 0 N–H and O–H groups in total. The maximum atomic E-state index is 2.79. The lowest BCUT2D eigenvalue weighted by molar-refractivity contribution is 0.224. The van der Waals surface area contributed by atoms with Gasteiger partial charge in [-0.25, -0.2) is 0 Å².